The van der Waals surface area contributed by atoms with Crippen molar-refractivity contribution in [2.75, 3.05) is 6.54 Å². The average Bonchev–Trinajstić information content (AvgIpc) is 3.05. The predicted molar refractivity (Wildman–Crippen MR) is 77.2 cm³/mol. The molecule has 0 radical (unpaired) electrons. The van der Waals surface area contributed by atoms with Crippen molar-refractivity contribution in [1.29, 1.82) is 0 Å². The van der Waals surface area contributed by atoms with Crippen molar-refractivity contribution in [1.82, 2.24) is 9.88 Å². The van der Waals surface area contributed by atoms with Crippen LogP contribution in [0.25, 0.3) is 0 Å². The zero-order chi connectivity index (χ0) is 14.7. The summed E-state index contributed by atoms with van der Waals surface area (Å²) >= 11 is 1.12. The first-order valence-corrected chi connectivity index (χ1v) is 7.86. The molecular weight excluding hydrogens is 276 g/mol. The third-order valence-electron chi connectivity index (χ3n) is 3.49. The monoisotopic (exact) mass is 296 g/mol. The topological polar surface area (TPSA) is 70.5 Å². The molecule has 1 heterocycles. The van der Waals surface area contributed by atoms with Crippen LogP contribution in [0.15, 0.2) is 5.38 Å². The third-order valence-corrected chi connectivity index (χ3v) is 4.32. The van der Waals surface area contributed by atoms with Gasteiger partial charge in [0.25, 0.3) is 5.91 Å². The molecule has 0 saturated heterocycles. The van der Waals surface area contributed by atoms with Gasteiger partial charge in [-0.2, -0.15) is 0 Å². The smallest absolute Gasteiger partial charge is 0.355 e. The molecule has 0 spiro atoms. The Hall–Kier alpha value is -1.43. The van der Waals surface area contributed by atoms with Crippen molar-refractivity contribution in [3.05, 3.63) is 16.1 Å². The lowest BCUT2D eigenvalue weighted by molar-refractivity contribution is 0.0654. The number of carboxylic acid groups (broad SMARTS) is 1. The van der Waals surface area contributed by atoms with Gasteiger partial charge in [-0.05, 0) is 18.8 Å². The average molecular weight is 296 g/mol. The number of carbonyl (C=O) groups excluding carboxylic acids is 1. The van der Waals surface area contributed by atoms with E-state index in [1.807, 2.05) is 4.90 Å². The van der Waals surface area contributed by atoms with Gasteiger partial charge in [0.05, 0.1) is 0 Å². The van der Waals surface area contributed by atoms with Crippen LogP contribution in [0.3, 0.4) is 0 Å². The summed E-state index contributed by atoms with van der Waals surface area (Å²) in [6.07, 6.45) is 4.39. The number of hydrogen-bond acceptors (Lipinski definition) is 4. The molecule has 1 saturated carbocycles. The maximum Gasteiger partial charge on any atom is 0.355 e. The van der Waals surface area contributed by atoms with E-state index in [-0.39, 0.29) is 22.7 Å². The number of rotatable bonds is 5. The highest BCUT2D eigenvalue weighted by Gasteiger charge is 2.29. The Labute approximate surface area is 122 Å². The van der Waals surface area contributed by atoms with E-state index in [9.17, 15) is 9.59 Å². The molecule has 6 heteroatoms. The van der Waals surface area contributed by atoms with Gasteiger partial charge in [-0.25, -0.2) is 9.78 Å². The number of thiazole rings is 1. The SMILES string of the molecule is CC(C)CN(C(=O)c1nc(C(=O)O)cs1)C1CCCC1. The lowest BCUT2D eigenvalue weighted by Crippen LogP contribution is -2.41. The predicted octanol–water partition coefficient (Wildman–Crippen LogP) is 2.88. The second-order valence-electron chi connectivity index (χ2n) is 5.63. The molecule has 2 rings (SSSR count). The zero-order valence-corrected chi connectivity index (χ0v) is 12.7. The van der Waals surface area contributed by atoms with Gasteiger partial charge < -0.3 is 10.0 Å². The standard InChI is InChI=1S/C14H20N2O3S/c1-9(2)7-16(10-5-3-4-6-10)13(17)12-15-11(8-20-12)14(18)19/h8-10H,3-7H2,1-2H3,(H,18,19). The van der Waals surface area contributed by atoms with Crippen LogP contribution >= 0.6 is 11.3 Å². The summed E-state index contributed by atoms with van der Waals surface area (Å²) in [6, 6.07) is 0.280. The third kappa shape index (κ3) is 3.36. The van der Waals surface area contributed by atoms with Crippen molar-refractivity contribution in [3.63, 3.8) is 0 Å². The molecule has 0 atom stereocenters. The molecule has 1 aromatic heterocycles. The van der Waals surface area contributed by atoms with Crippen LogP contribution in [-0.2, 0) is 0 Å². The van der Waals surface area contributed by atoms with Gasteiger partial charge in [-0.1, -0.05) is 26.7 Å². The van der Waals surface area contributed by atoms with Crippen LogP contribution in [0.2, 0.25) is 0 Å². The molecule has 0 aliphatic heterocycles. The summed E-state index contributed by atoms with van der Waals surface area (Å²) in [7, 11) is 0. The van der Waals surface area contributed by atoms with Gasteiger partial charge in [0.2, 0.25) is 0 Å². The number of nitrogens with zero attached hydrogens (tertiary/aromatic N) is 2. The van der Waals surface area contributed by atoms with Crippen LogP contribution in [0.5, 0.6) is 0 Å². The number of carbonyl (C=O) groups is 2. The van der Waals surface area contributed by atoms with E-state index in [2.05, 4.69) is 18.8 Å². The van der Waals surface area contributed by atoms with Gasteiger partial charge in [0, 0.05) is 18.0 Å². The van der Waals surface area contributed by atoms with Crippen LogP contribution in [0.4, 0.5) is 0 Å². The number of hydrogen-bond donors (Lipinski definition) is 1. The van der Waals surface area contributed by atoms with E-state index in [0.29, 0.717) is 12.5 Å². The summed E-state index contributed by atoms with van der Waals surface area (Å²) < 4.78 is 0. The Bertz CT molecular complexity index is 492. The molecule has 110 valence electrons. The summed E-state index contributed by atoms with van der Waals surface area (Å²) in [5.74, 6) is -0.821. The summed E-state index contributed by atoms with van der Waals surface area (Å²) in [6.45, 7) is 4.87. The largest absolute Gasteiger partial charge is 0.476 e. The fourth-order valence-electron chi connectivity index (χ4n) is 2.60. The van der Waals surface area contributed by atoms with E-state index in [4.69, 9.17) is 5.11 Å². The van der Waals surface area contributed by atoms with Gasteiger partial charge in [0.15, 0.2) is 10.7 Å². The molecule has 1 N–H and O–H groups in total. The van der Waals surface area contributed by atoms with Crippen LogP contribution < -0.4 is 0 Å². The molecule has 1 fully saturated rings. The van der Waals surface area contributed by atoms with E-state index in [1.54, 1.807) is 0 Å². The summed E-state index contributed by atoms with van der Waals surface area (Å²) in [5.41, 5.74) is -0.0470. The van der Waals surface area contributed by atoms with Gasteiger partial charge >= 0.3 is 5.97 Å². The first-order chi connectivity index (χ1) is 9.49. The molecule has 0 aromatic carbocycles. The molecule has 1 amide bonds. The fourth-order valence-corrected chi connectivity index (χ4v) is 3.35. The number of amides is 1. The highest BCUT2D eigenvalue weighted by atomic mass is 32.1. The molecule has 1 aromatic rings. The van der Waals surface area contributed by atoms with Crippen molar-refractivity contribution in [2.24, 2.45) is 5.92 Å². The molecule has 1 aliphatic carbocycles. The highest BCUT2D eigenvalue weighted by Crippen LogP contribution is 2.26. The Morgan fingerprint density at radius 2 is 2.10 bits per heavy atom. The molecule has 20 heavy (non-hydrogen) atoms. The summed E-state index contributed by atoms with van der Waals surface area (Å²) in [5, 5.41) is 10.6. The van der Waals surface area contributed by atoms with Crippen molar-refractivity contribution >= 4 is 23.2 Å². The number of aromatic nitrogens is 1. The quantitative estimate of drug-likeness (QED) is 0.907. The van der Waals surface area contributed by atoms with E-state index in [0.717, 1.165) is 37.0 Å². The van der Waals surface area contributed by atoms with Crippen LogP contribution in [0.1, 0.15) is 59.8 Å². The Balaban J connectivity index is 2.17. The highest BCUT2D eigenvalue weighted by molar-refractivity contribution is 7.11. The molecule has 0 unspecified atom stereocenters. The lowest BCUT2D eigenvalue weighted by atomic mass is 10.1. The first kappa shape index (κ1) is 15.0. The lowest BCUT2D eigenvalue weighted by Gasteiger charge is -2.29. The minimum atomic E-state index is -1.09. The van der Waals surface area contributed by atoms with Crippen LogP contribution in [0, 0.1) is 5.92 Å². The normalized spacial score (nSPS) is 15.8. The van der Waals surface area contributed by atoms with Gasteiger partial charge in [-0.15, -0.1) is 11.3 Å². The Morgan fingerprint density at radius 3 is 2.60 bits per heavy atom. The van der Waals surface area contributed by atoms with Crippen molar-refractivity contribution < 1.29 is 14.7 Å². The minimum Gasteiger partial charge on any atom is -0.476 e. The van der Waals surface area contributed by atoms with E-state index < -0.39 is 5.97 Å². The fraction of sp³-hybridized carbons (Fsp3) is 0.643. The Kier molecular flexibility index (Phi) is 4.75. The van der Waals surface area contributed by atoms with Gasteiger partial charge in [-0.3, -0.25) is 4.79 Å². The zero-order valence-electron chi connectivity index (χ0n) is 11.8. The number of carboxylic acids is 1. The van der Waals surface area contributed by atoms with Crippen molar-refractivity contribution in [2.45, 2.75) is 45.6 Å². The maximum absolute atomic E-state index is 12.6. The van der Waals surface area contributed by atoms with Gasteiger partial charge in [0.1, 0.15) is 0 Å². The second kappa shape index (κ2) is 6.35. The molecule has 0 bridgehead atoms. The molecule has 1 aliphatic rings. The number of aromatic carboxylic acids is 1. The minimum absolute atomic E-state index is 0.0470. The molecule has 5 nitrogen and oxygen atoms in total. The van der Waals surface area contributed by atoms with Crippen LogP contribution in [-0.4, -0.2) is 39.5 Å². The maximum atomic E-state index is 12.6. The van der Waals surface area contributed by atoms with E-state index in [1.165, 1.54) is 5.38 Å². The second-order valence-corrected chi connectivity index (χ2v) is 6.49. The summed E-state index contributed by atoms with van der Waals surface area (Å²) in [4.78, 5) is 29.3. The molecular formula is C14H20N2O3S. The van der Waals surface area contributed by atoms with Crippen molar-refractivity contribution in [3.8, 4) is 0 Å². The van der Waals surface area contributed by atoms with E-state index >= 15 is 0 Å². The first-order valence-electron chi connectivity index (χ1n) is 6.99. The Morgan fingerprint density at radius 1 is 1.45 bits per heavy atom.